The molecule has 1 aliphatic carbocycles. The second kappa shape index (κ2) is 5.37. The van der Waals surface area contributed by atoms with E-state index < -0.39 is 17.8 Å². The molecule has 1 aliphatic heterocycles. The Morgan fingerprint density at radius 2 is 1.89 bits per heavy atom. The topological polar surface area (TPSA) is 86.7 Å². The predicted octanol–water partition coefficient (Wildman–Crippen LogP) is -0.164. The molecule has 0 unspecified atom stereocenters. The van der Waals surface area contributed by atoms with Crippen LogP contribution >= 0.6 is 0 Å². The van der Waals surface area contributed by atoms with Gasteiger partial charge in [-0.1, -0.05) is 12.8 Å². The summed E-state index contributed by atoms with van der Waals surface area (Å²) in [5.74, 6) is -2.28. The normalized spacial score (nSPS) is 28.7. The van der Waals surface area contributed by atoms with E-state index in [9.17, 15) is 14.4 Å². The molecule has 1 heterocycles. The van der Waals surface area contributed by atoms with Crippen LogP contribution in [0.3, 0.4) is 0 Å². The summed E-state index contributed by atoms with van der Waals surface area (Å²) in [4.78, 5) is 36.2. The van der Waals surface area contributed by atoms with Gasteiger partial charge in [-0.05, 0) is 12.8 Å². The molecule has 2 fully saturated rings. The highest BCUT2D eigenvalue weighted by Gasteiger charge is 2.38. The number of nitrogens with one attached hydrogen (secondary N) is 1. The first kappa shape index (κ1) is 12.9. The first-order chi connectivity index (χ1) is 8.59. The minimum absolute atomic E-state index is 0.0572. The highest BCUT2D eigenvalue weighted by molar-refractivity contribution is 5.89. The fourth-order valence-corrected chi connectivity index (χ4v) is 2.78. The van der Waals surface area contributed by atoms with Crippen molar-refractivity contribution in [3.63, 3.8) is 0 Å². The molecule has 0 spiro atoms. The molecule has 2 atom stereocenters. The van der Waals surface area contributed by atoms with Crippen molar-refractivity contribution in [1.82, 2.24) is 10.2 Å². The third-order valence-electron chi connectivity index (χ3n) is 3.75. The van der Waals surface area contributed by atoms with Gasteiger partial charge in [0.25, 0.3) is 0 Å². The van der Waals surface area contributed by atoms with Gasteiger partial charge in [-0.25, -0.2) is 0 Å². The zero-order valence-corrected chi connectivity index (χ0v) is 10.2. The predicted molar refractivity (Wildman–Crippen MR) is 62.7 cm³/mol. The minimum atomic E-state index is -0.894. The summed E-state index contributed by atoms with van der Waals surface area (Å²) < 4.78 is 0. The maximum absolute atomic E-state index is 12.3. The second-order valence-corrected chi connectivity index (χ2v) is 4.95. The number of aliphatic carboxylic acids is 1. The quantitative estimate of drug-likeness (QED) is 0.716. The number of piperazine rings is 1. The van der Waals surface area contributed by atoms with E-state index in [-0.39, 0.29) is 18.4 Å². The lowest BCUT2D eigenvalue weighted by Gasteiger charge is -2.34. The highest BCUT2D eigenvalue weighted by atomic mass is 16.4. The SMILES string of the molecule is O=C1CN(C(=O)[C@@H]2CCCC[C@@H]2C(=O)O)CCN1. The van der Waals surface area contributed by atoms with Crippen LogP contribution < -0.4 is 5.32 Å². The van der Waals surface area contributed by atoms with E-state index in [2.05, 4.69) is 5.32 Å². The zero-order chi connectivity index (χ0) is 13.1. The molecule has 0 aromatic rings. The van der Waals surface area contributed by atoms with E-state index in [1.807, 2.05) is 0 Å². The fourth-order valence-electron chi connectivity index (χ4n) is 2.78. The van der Waals surface area contributed by atoms with Crippen LogP contribution in [0.15, 0.2) is 0 Å². The lowest BCUT2D eigenvalue weighted by molar-refractivity contribution is -0.153. The van der Waals surface area contributed by atoms with Crippen LogP contribution in [0, 0.1) is 11.8 Å². The minimum Gasteiger partial charge on any atom is -0.481 e. The van der Waals surface area contributed by atoms with Gasteiger partial charge in [0.15, 0.2) is 0 Å². The Morgan fingerprint density at radius 1 is 1.22 bits per heavy atom. The summed E-state index contributed by atoms with van der Waals surface area (Å²) >= 11 is 0. The molecule has 2 amide bonds. The van der Waals surface area contributed by atoms with Crippen LogP contribution in [-0.4, -0.2) is 47.4 Å². The Morgan fingerprint density at radius 3 is 2.50 bits per heavy atom. The number of amides is 2. The van der Waals surface area contributed by atoms with Crippen molar-refractivity contribution in [3.8, 4) is 0 Å². The number of nitrogens with zero attached hydrogens (tertiary/aromatic N) is 1. The average Bonchev–Trinajstić information content (AvgIpc) is 2.38. The van der Waals surface area contributed by atoms with E-state index in [1.165, 1.54) is 4.90 Å². The lowest BCUT2D eigenvalue weighted by atomic mass is 9.78. The number of carboxylic acids is 1. The molecule has 6 nitrogen and oxygen atoms in total. The fraction of sp³-hybridized carbons (Fsp3) is 0.750. The number of carbonyl (C=O) groups excluding carboxylic acids is 2. The molecule has 1 saturated carbocycles. The molecule has 1 saturated heterocycles. The summed E-state index contributed by atoms with van der Waals surface area (Å²) in [6, 6.07) is 0. The third kappa shape index (κ3) is 2.63. The van der Waals surface area contributed by atoms with Gasteiger partial charge in [0.2, 0.25) is 11.8 Å². The van der Waals surface area contributed by atoms with Crippen molar-refractivity contribution in [2.75, 3.05) is 19.6 Å². The number of hydrogen-bond donors (Lipinski definition) is 2. The van der Waals surface area contributed by atoms with Crippen molar-refractivity contribution in [3.05, 3.63) is 0 Å². The van der Waals surface area contributed by atoms with Crippen LogP contribution in [0.2, 0.25) is 0 Å². The van der Waals surface area contributed by atoms with Crippen molar-refractivity contribution in [2.45, 2.75) is 25.7 Å². The monoisotopic (exact) mass is 254 g/mol. The van der Waals surface area contributed by atoms with Crippen LogP contribution in [0.25, 0.3) is 0 Å². The smallest absolute Gasteiger partial charge is 0.307 e. The Kier molecular flexibility index (Phi) is 3.84. The summed E-state index contributed by atoms with van der Waals surface area (Å²) in [5.41, 5.74) is 0. The molecular formula is C12H18N2O4. The Bertz CT molecular complexity index is 369. The van der Waals surface area contributed by atoms with E-state index in [0.29, 0.717) is 25.9 Å². The van der Waals surface area contributed by atoms with Gasteiger partial charge in [0.1, 0.15) is 0 Å². The molecule has 0 radical (unpaired) electrons. The Balaban J connectivity index is 2.05. The van der Waals surface area contributed by atoms with Crippen LogP contribution in [0.4, 0.5) is 0 Å². The van der Waals surface area contributed by atoms with Gasteiger partial charge in [-0.3, -0.25) is 14.4 Å². The molecular weight excluding hydrogens is 236 g/mol. The maximum Gasteiger partial charge on any atom is 0.307 e. The molecule has 2 N–H and O–H groups in total. The van der Waals surface area contributed by atoms with E-state index in [4.69, 9.17) is 5.11 Å². The number of carboxylic acid groups (broad SMARTS) is 1. The highest BCUT2D eigenvalue weighted by Crippen LogP contribution is 2.31. The standard InChI is InChI=1S/C12H18N2O4/c15-10-7-14(6-5-13-10)11(16)8-3-1-2-4-9(8)12(17)18/h8-9H,1-7H2,(H,13,15)(H,17,18)/t8-,9+/m1/s1. The van der Waals surface area contributed by atoms with Crippen molar-refractivity contribution in [2.24, 2.45) is 11.8 Å². The first-order valence-corrected chi connectivity index (χ1v) is 6.38. The van der Waals surface area contributed by atoms with Gasteiger partial charge in [-0.2, -0.15) is 0 Å². The summed E-state index contributed by atoms with van der Waals surface area (Å²) in [7, 11) is 0. The van der Waals surface area contributed by atoms with Gasteiger partial charge >= 0.3 is 5.97 Å². The molecule has 0 bridgehead atoms. The van der Waals surface area contributed by atoms with Crippen LogP contribution in [0.1, 0.15) is 25.7 Å². The van der Waals surface area contributed by atoms with Crippen molar-refractivity contribution >= 4 is 17.8 Å². The molecule has 0 aromatic heterocycles. The Labute approximate surface area is 105 Å². The van der Waals surface area contributed by atoms with E-state index in [0.717, 1.165) is 12.8 Å². The molecule has 6 heteroatoms. The summed E-state index contributed by atoms with van der Waals surface area (Å²) in [5, 5.41) is 11.8. The average molecular weight is 254 g/mol. The van der Waals surface area contributed by atoms with Crippen LogP contribution in [-0.2, 0) is 14.4 Å². The largest absolute Gasteiger partial charge is 0.481 e. The lowest BCUT2D eigenvalue weighted by Crippen LogP contribution is -2.53. The van der Waals surface area contributed by atoms with Crippen molar-refractivity contribution in [1.29, 1.82) is 0 Å². The molecule has 18 heavy (non-hydrogen) atoms. The van der Waals surface area contributed by atoms with E-state index >= 15 is 0 Å². The molecule has 100 valence electrons. The van der Waals surface area contributed by atoms with Gasteiger partial charge in [0.05, 0.1) is 18.4 Å². The van der Waals surface area contributed by atoms with Gasteiger partial charge in [0, 0.05) is 13.1 Å². The third-order valence-corrected chi connectivity index (χ3v) is 3.75. The Hall–Kier alpha value is -1.59. The molecule has 2 aliphatic rings. The number of carbonyl (C=O) groups is 3. The first-order valence-electron chi connectivity index (χ1n) is 6.38. The molecule has 2 rings (SSSR count). The molecule has 0 aromatic carbocycles. The van der Waals surface area contributed by atoms with Gasteiger partial charge < -0.3 is 15.3 Å². The summed E-state index contributed by atoms with van der Waals surface area (Å²) in [6.07, 6.45) is 2.93. The maximum atomic E-state index is 12.3. The van der Waals surface area contributed by atoms with Crippen molar-refractivity contribution < 1.29 is 19.5 Å². The zero-order valence-electron chi connectivity index (χ0n) is 10.2. The van der Waals surface area contributed by atoms with Gasteiger partial charge in [-0.15, -0.1) is 0 Å². The van der Waals surface area contributed by atoms with Crippen LogP contribution in [0.5, 0.6) is 0 Å². The number of rotatable bonds is 2. The second-order valence-electron chi connectivity index (χ2n) is 4.95. The van der Waals surface area contributed by atoms with E-state index in [1.54, 1.807) is 0 Å². The summed E-state index contributed by atoms with van der Waals surface area (Å²) in [6.45, 7) is 0.990. The number of hydrogen-bond acceptors (Lipinski definition) is 3.